The number of carbonyl (C=O) groups is 1. The standard InChI is InChI=1S/C21H16F3N5O3/c1-12-4-2-8-25-19(12)31-15-7-6-13(10-14(15)22)11-17(30)26-21-27-18-16(32-20(23)24)5-3-9-29(18)28-21/h2-10,20H,11H2,1H3,(H,26,28,30). The third-order valence-corrected chi connectivity index (χ3v) is 4.32. The Labute approximate surface area is 179 Å². The Hall–Kier alpha value is -4.15. The summed E-state index contributed by atoms with van der Waals surface area (Å²) in [6.45, 7) is -1.24. The number of hydrogen-bond acceptors (Lipinski definition) is 6. The zero-order valence-corrected chi connectivity index (χ0v) is 16.6. The number of rotatable bonds is 7. The number of halogens is 3. The molecule has 0 radical (unpaired) electrons. The molecule has 0 aliphatic rings. The first-order chi connectivity index (χ1) is 15.4. The number of alkyl halides is 2. The molecule has 3 heterocycles. The summed E-state index contributed by atoms with van der Waals surface area (Å²) in [7, 11) is 0. The Balaban J connectivity index is 1.44. The lowest BCUT2D eigenvalue weighted by Gasteiger charge is -2.09. The van der Waals surface area contributed by atoms with Crippen LogP contribution in [0.25, 0.3) is 5.65 Å². The van der Waals surface area contributed by atoms with Crippen LogP contribution in [0, 0.1) is 12.7 Å². The second-order valence-corrected chi connectivity index (χ2v) is 6.67. The Morgan fingerprint density at radius 1 is 1.19 bits per heavy atom. The van der Waals surface area contributed by atoms with Crippen molar-refractivity contribution in [3.63, 3.8) is 0 Å². The van der Waals surface area contributed by atoms with Crippen LogP contribution >= 0.6 is 0 Å². The number of aromatic nitrogens is 4. The first-order valence-corrected chi connectivity index (χ1v) is 9.37. The largest absolute Gasteiger partial charge is 0.436 e. The lowest BCUT2D eigenvalue weighted by Crippen LogP contribution is -2.15. The summed E-state index contributed by atoms with van der Waals surface area (Å²) in [5.41, 5.74) is 1.15. The van der Waals surface area contributed by atoms with Gasteiger partial charge in [-0.05, 0) is 42.8 Å². The SMILES string of the molecule is Cc1cccnc1Oc1ccc(CC(=O)Nc2nc3c(OC(F)F)cccn3n2)cc1F. The number of hydrogen-bond donors (Lipinski definition) is 1. The Bertz CT molecular complexity index is 1280. The molecule has 1 amide bonds. The minimum Gasteiger partial charge on any atom is -0.436 e. The van der Waals surface area contributed by atoms with Gasteiger partial charge in [0, 0.05) is 18.0 Å². The second kappa shape index (κ2) is 8.92. The number of amides is 1. The van der Waals surface area contributed by atoms with Crippen molar-refractivity contribution in [3.05, 3.63) is 71.8 Å². The number of fused-ring (bicyclic) bond motifs is 1. The molecule has 0 saturated carbocycles. The molecular weight excluding hydrogens is 427 g/mol. The van der Waals surface area contributed by atoms with Gasteiger partial charge in [0.15, 0.2) is 23.0 Å². The van der Waals surface area contributed by atoms with Crippen LogP contribution in [0.5, 0.6) is 17.4 Å². The molecule has 3 aromatic heterocycles. The maximum absolute atomic E-state index is 14.4. The van der Waals surface area contributed by atoms with E-state index < -0.39 is 18.3 Å². The fourth-order valence-corrected chi connectivity index (χ4v) is 2.90. The fourth-order valence-electron chi connectivity index (χ4n) is 2.90. The van der Waals surface area contributed by atoms with E-state index in [1.54, 1.807) is 25.1 Å². The third kappa shape index (κ3) is 4.77. The summed E-state index contributed by atoms with van der Waals surface area (Å²) in [6.07, 6.45) is 2.83. The summed E-state index contributed by atoms with van der Waals surface area (Å²) < 4.78 is 50.6. The summed E-state index contributed by atoms with van der Waals surface area (Å²) in [5, 5.41) is 6.45. The van der Waals surface area contributed by atoms with Gasteiger partial charge in [0.2, 0.25) is 17.7 Å². The van der Waals surface area contributed by atoms with Crippen LogP contribution in [0.2, 0.25) is 0 Å². The highest BCUT2D eigenvalue weighted by Gasteiger charge is 2.15. The third-order valence-electron chi connectivity index (χ3n) is 4.32. The highest BCUT2D eigenvalue weighted by Crippen LogP contribution is 2.26. The maximum Gasteiger partial charge on any atom is 0.387 e. The smallest absolute Gasteiger partial charge is 0.387 e. The second-order valence-electron chi connectivity index (χ2n) is 6.67. The van der Waals surface area contributed by atoms with Crippen molar-refractivity contribution >= 4 is 17.5 Å². The molecule has 0 unspecified atom stereocenters. The van der Waals surface area contributed by atoms with Crippen LogP contribution < -0.4 is 14.8 Å². The first-order valence-electron chi connectivity index (χ1n) is 9.37. The number of carbonyl (C=O) groups excluding carboxylic acids is 1. The van der Waals surface area contributed by atoms with Crippen LogP contribution in [-0.4, -0.2) is 32.1 Å². The topological polar surface area (TPSA) is 90.6 Å². The highest BCUT2D eigenvalue weighted by atomic mass is 19.3. The van der Waals surface area contributed by atoms with Gasteiger partial charge in [0.1, 0.15) is 0 Å². The van der Waals surface area contributed by atoms with Crippen LogP contribution in [0.15, 0.2) is 54.9 Å². The van der Waals surface area contributed by atoms with E-state index in [0.29, 0.717) is 5.56 Å². The van der Waals surface area contributed by atoms with Crippen molar-refractivity contribution in [2.75, 3.05) is 5.32 Å². The van der Waals surface area contributed by atoms with E-state index in [-0.39, 0.29) is 35.4 Å². The molecule has 0 bridgehead atoms. The number of aryl methyl sites for hydroxylation is 1. The average molecular weight is 443 g/mol. The van der Waals surface area contributed by atoms with Crippen molar-refractivity contribution in [1.29, 1.82) is 0 Å². The summed E-state index contributed by atoms with van der Waals surface area (Å²) in [6, 6.07) is 10.4. The van der Waals surface area contributed by atoms with Crippen LogP contribution in [0.4, 0.5) is 19.1 Å². The number of nitrogens with one attached hydrogen (secondary N) is 1. The minimum absolute atomic E-state index is 0.0143. The molecule has 1 N–H and O–H groups in total. The molecule has 164 valence electrons. The van der Waals surface area contributed by atoms with Gasteiger partial charge in [-0.1, -0.05) is 12.1 Å². The number of benzene rings is 1. The lowest BCUT2D eigenvalue weighted by molar-refractivity contribution is -0.115. The van der Waals surface area contributed by atoms with Gasteiger partial charge in [-0.25, -0.2) is 13.9 Å². The Kier molecular flexibility index (Phi) is 5.88. The molecule has 0 aliphatic carbocycles. The van der Waals surface area contributed by atoms with Crippen molar-refractivity contribution in [1.82, 2.24) is 19.6 Å². The maximum atomic E-state index is 14.4. The molecule has 0 spiro atoms. The van der Waals surface area contributed by atoms with Crippen LogP contribution in [0.3, 0.4) is 0 Å². The number of ether oxygens (including phenoxy) is 2. The lowest BCUT2D eigenvalue weighted by atomic mass is 10.1. The quantitative estimate of drug-likeness (QED) is 0.462. The van der Waals surface area contributed by atoms with Gasteiger partial charge in [-0.15, -0.1) is 5.10 Å². The van der Waals surface area contributed by atoms with Gasteiger partial charge in [0.25, 0.3) is 0 Å². The molecular formula is C21H16F3N5O3. The van der Waals surface area contributed by atoms with E-state index in [0.717, 1.165) is 5.56 Å². The van der Waals surface area contributed by atoms with E-state index >= 15 is 0 Å². The Morgan fingerprint density at radius 2 is 2.03 bits per heavy atom. The highest BCUT2D eigenvalue weighted by molar-refractivity contribution is 5.90. The zero-order valence-electron chi connectivity index (χ0n) is 16.6. The molecule has 0 atom stereocenters. The van der Waals surface area contributed by atoms with Crippen LogP contribution in [-0.2, 0) is 11.2 Å². The minimum atomic E-state index is -3.03. The molecule has 0 saturated heterocycles. The monoisotopic (exact) mass is 443 g/mol. The molecule has 1 aromatic carbocycles. The van der Waals surface area contributed by atoms with Gasteiger partial charge in [0.05, 0.1) is 6.42 Å². The summed E-state index contributed by atoms with van der Waals surface area (Å²) >= 11 is 0. The Morgan fingerprint density at radius 3 is 2.78 bits per heavy atom. The van der Waals surface area contributed by atoms with Crippen LogP contribution in [0.1, 0.15) is 11.1 Å². The number of pyridine rings is 2. The predicted molar refractivity (Wildman–Crippen MR) is 107 cm³/mol. The van der Waals surface area contributed by atoms with Gasteiger partial charge in [-0.3, -0.25) is 10.1 Å². The van der Waals surface area contributed by atoms with E-state index in [4.69, 9.17) is 4.74 Å². The number of nitrogens with zero attached hydrogens (tertiary/aromatic N) is 4. The van der Waals surface area contributed by atoms with E-state index in [1.807, 2.05) is 0 Å². The van der Waals surface area contributed by atoms with Gasteiger partial charge >= 0.3 is 6.61 Å². The summed E-state index contributed by atoms with van der Waals surface area (Å²) in [5.74, 6) is -1.21. The van der Waals surface area contributed by atoms with E-state index in [9.17, 15) is 18.0 Å². The summed E-state index contributed by atoms with van der Waals surface area (Å²) in [4.78, 5) is 20.4. The average Bonchev–Trinajstić information content (AvgIpc) is 3.14. The van der Waals surface area contributed by atoms with E-state index in [1.165, 1.54) is 41.2 Å². The molecule has 8 nitrogen and oxygen atoms in total. The van der Waals surface area contributed by atoms with E-state index in [2.05, 4.69) is 25.1 Å². The molecule has 0 aliphatic heterocycles. The molecule has 32 heavy (non-hydrogen) atoms. The molecule has 4 rings (SSSR count). The predicted octanol–water partition coefficient (Wildman–Crippen LogP) is 4.15. The normalized spacial score (nSPS) is 11.0. The van der Waals surface area contributed by atoms with Crippen molar-refractivity contribution in [2.45, 2.75) is 20.0 Å². The van der Waals surface area contributed by atoms with Crippen molar-refractivity contribution in [3.8, 4) is 17.4 Å². The van der Waals surface area contributed by atoms with Crippen molar-refractivity contribution < 1.29 is 27.4 Å². The molecule has 4 aromatic rings. The molecule has 0 fully saturated rings. The zero-order chi connectivity index (χ0) is 22.7. The van der Waals surface area contributed by atoms with Gasteiger partial charge in [-0.2, -0.15) is 13.8 Å². The fraction of sp³-hybridized carbons (Fsp3) is 0.143. The first kappa shape index (κ1) is 21.1. The number of anilines is 1. The van der Waals surface area contributed by atoms with Crippen molar-refractivity contribution in [2.24, 2.45) is 0 Å². The van der Waals surface area contributed by atoms with Gasteiger partial charge < -0.3 is 9.47 Å². The molecule has 11 heteroatoms.